The molecule has 1 aliphatic rings. The normalized spacial score (nSPS) is 15.5. The fourth-order valence-corrected chi connectivity index (χ4v) is 3.86. The van der Waals surface area contributed by atoms with Crippen LogP contribution in [0.4, 0.5) is 5.69 Å². The van der Waals surface area contributed by atoms with Crippen LogP contribution < -0.4 is 5.32 Å². The van der Waals surface area contributed by atoms with Gasteiger partial charge in [0.15, 0.2) is 0 Å². The third-order valence-electron chi connectivity index (χ3n) is 5.41. The van der Waals surface area contributed by atoms with Gasteiger partial charge in [-0.05, 0) is 41.7 Å². The van der Waals surface area contributed by atoms with E-state index in [-0.39, 0.29) is 5.91 Å². The van der Waals surface area contributed by atoms with Crippen LogP contribution in [0.1, 0.15) is 30.5 Å². The fraction of sp³-hybridized carbons (Fsp3) is 0.435. The quantitative estimate of drug-likeness (QED) is 0.757. The third-order valence-corrected chi connectivity index (χ3v) is 5.67. The topological polar surface area (TPSA) is 35.6 Å². The van der Waals surface area contributed by atoms with Gasteiger partial charge in [-0.25, -0.2) is 0 Å². The van der Waals surface area contributed by atoms with E-state index >= 15 is 0 Å². The van der Waals surface area contributed by atoms with Gasteiger partial charge in [0.25, 0.3) is 0 Å². The molecule has 0 bridgehead atoms. The zero-order valence-corrected chi connectivity index (χ0v) is 17.6. The van der Waals surface area contributed by atoms with Crippen molar-refractivity contribution >= 4 is 23.2 Å². The molecule has 1 N–H and O–H groups in total. The summed E-state index contributed by atoms with van der Waals surface area (Å²) in [5, 5.41) is 3.95. The van der Waals surface area contributed by atoms with Crippen LogP contribution in [-0.2, 0) is 24.2 Å². The van der Waals surface area contributed by atoms with Gasteiger partial charge in [-0.1, -0.05) is 55.8 Å². The number of para-hydroxylation sites is 1. The molecule has 1 aliphatic heterocycles. The first-order valence-corrected chi connectivity index (χ1v) is 10.6. The van der Waals surface area contributed by atoms with E-state index in [0.29, 0.717) is 6.54 Å². The molecule has 0 aliphatic carbocycles. The molecule has 0 atom stereocenters. The third kappa shape index (κ3) is 5.57. The zero-order valence-electron chi connectivity index (χ0n) is 16.9. The van der Waals surface area contributed by atoms with Crippen molar-refractivity contribution < 1.29 is 4.79 Å². The number of anilines is 1. The lowest BCUT2D eigenvalue weighted by molar-refractivity contribution is -0.117. The van der Waals surface area contributed by atoms with Crippen molar-refractivity contribution in [1.29, 1.82) is 0 Å². The summed E-state index contributed by atoms with van der Waals surface area (Å²) < 4.78 is 0. The molecule has 0 aromatic heterocycles. The number of hydrogen-bond donors (Lipinski definition) is 1. The Morgan fingerprint density at radius 2 is 1.50 bits per heavy atom. The Bertz CT molecular complexity index is 761. The highest BCUT2D eigenvalue weighted by molar-refractivity contribution is 6.30. The van der Waals surface area contributed by atoms with E-state index in [2.05, 4.69) is 59.3 Å². The Labute approximate surface area is 173 Å². The molecule has 3 rings (SSSR count). The number of carbonyl (C=O) groups is 1. The van der Waals surface area contributed by atoms with Crippen LogP contribution in [0.5, 0.6) is 0 Å². The molecule has 1 saturated heterocycles. The monoisotopic (exact) mass is 399 g/mol. The van der Waals surface area contributed by atoms with Crippen LogP contribution in [0.2, 0.25) is 5.02 Å². The Hall–Kier alpha value is -1.88. The summed E-state index contributed by atoms with van der Waals surface area (Å²) in [5.74, 6) is 0.0850. The maximum absolute atomic E-state index is 12.6. The van der Waals surface area contributed by atoms with Crippen molar-refractivity contribution in [2.24, 2.45) is 0 Å². The predicted molar refractivity (Wildman–Crippen MR) is 117 cm³/mol. The second-order valence-electron chi connectivity index (χ2n) is 7.39. The SMILES string of the molecule is CCc1cccc(CC)c1NC(=O)CN1CCN(Cc2ccc(Cl)cc2)CC1. The lowest BCUT2D eigenvalue weighted by Crippen LogP contribution is -2.48. The summed E-state index contributed by atoms with van der Waals surface area (Å²) in [6, 6.07) is 14.3. The van der Waals surface area contributed by atoms with Crippen molar-refractivity contribution in [3.05, 3.63) is 64.2 Å². The molecule has 0 unspecified atom stereocenters. The van der Waals surface area contributed by atoms with Gasteiger partial charge in [0, 0.05) is 43.4 Å². The lowest BCUT2D eigenvalue weighted by Gasteiger charge is -2.34. The number of hydrogen-bond acceptors (Lipinski definition) is 3. The van der Waals surface area contributed by atoms with Gasteiger partial charge in [0.05, 0.1) is 6.54 Å². The number of piperazine rings is 1. The van der Waals surface area contributed by atoms with E-state index in [0.717, 1.165) is 56.3 Å². The first kappa shape index (κ1) is 20.8. The van der Waals surface area contributed by atoms with Crippen molar-refractivity contribution in [2.75, 3.05) is 38.0 Å². The summed E-state index contributed by atoms with van der Waals surface area (Å²) in [6.07, 6.45) is 1.85. The standard InChI is InChI=1S/C23H30ClN3O/c1-3-19-6-5-7-20(4-2)23(19)25-22(28)17-27-14-12-26(13-15-27)16-18-8-10-21(24)11-9-18/h5-11H,3-4,12-17H2,1-2H3,(H,25,28). The number of carbonyl (C=O) groups excluding carboxylic acids is 1. The highest BCUT2D eigenvalue weighted by Crippen LogP contribution is 2.22. The number of benzene rings is 2. The highest BCUT2D eigenvalue weighted by Gasteiger charge is 2.20. The van der Waals surface area contributed by atoms with Gasteiger partial charge in [-0.3, -0.25) is 14.6 Å². The first-order chi connectivity index (χ1) is 13.6. The molecule has 1 amide bonds. The Morgan fingerprint density at radius 3 is 2.07 bits per heavy atom. The summed E-state index contributed by atoms with van der Waals surface area (Å²) in [5.41, 5.74) is 4.71. The van der Waals surface area contributed by atoms with E-state index in [1.807, 2.05) is 12.1 Å². The number of halogens is 1. The summed E-state index contributed by atoms with van der Waals surface area (Å²) >= 11 is 5.96. The molecule has 0 radical (unpaired) electrons. The lowest BCUT2D eigenvalue weighted by atomic mass is 10.0. The van der Waals surface area contributed by atoms with E-state index in [9.17, 15) is 4.79 Å². The van der Waals surface area contributed by atoms with Crippen LogP contribution in [0.25, 0.3) is 0 Å². The van der Waals surface area contributed by atoms with Crippen molar-refractivity contribution in [1.82, 2.24) is 9.80 Å². The number of rotatable bonds is 7. The molecular formula is C23H30ClN3O. The maximum atomic E-state index is 12.6. The molecule has 2 aromatic rings. The van der Waals surface area contributed by atoms with Crippen LogP contribution in [-0.4, -0.2) is 48.4 Å². The number of nitrogens with zero attached hydrogens (tertiary/aromatic N) is 2. The molecule has 5 heteroatoms. The van der Waals surface area contributed by atoms with Gasteiger partial charge in [-0.2, -0.15) is 0 Å². The maximum Gasteiger partial charge on any atom is 0.238 e. The van der Waals surface area contributed by atoms with Gasteiger partial charge in [0.1, 0.15) is 0 Å². The van der Waals surface area contributed by atoms with Gasteiger partial charge in [-0.15, -0.1) is 0 Å². The predicted octanol–water partition coefficient (Wildman–Crippen LogP) is 4.22. The molecule has 28 heavy (non-hydrogen) atoms. The van der Waals surface area contributed by atoms with Gasteiger partial charge in [0.2, 0.25) is 5.91 Å². The Balaban J connectivity index is 1.49. The highest BCUT2D eigenvalue weighted by atomic mass is 35.5. The van der Waals surface area contributed by atoms with E-state index in [1.54, 1.807) is 0 Å². The van der Waals surface area contributed by atoms with Crippen molar-refractivity contribution in [2.45, 2.75) is 33.2 Å². The smallest absolute Gasteiger partial charge is 0.238 e. The minimum atomic E-state index is 0.0850. The first-order valence-electron chi connectivity index (χ1n) is 10.2. The fourth-order valence-electron chi connectivity index (χ4n) is 3.74. The molecule has 1 heterocycles. The molecule has 0 saturated carbocycles. The van der Waals surface area contributed by atoms with Crippen LogP contribution in [0, 0.1) is 0 Å². The average molecular weight is 400 g/mol. The summed E-state index contributed by atoms with van der Waals surface area (Å²) in [7, 11) is 0. The minimum absolute atomic E-state index is 0.0850. The average Bonchev–Trinajstić information content (AvgIpc) is 2.71. The van der Waals surface area contributed by atoms with Crippen LogP contribution in [0.15, 0.2) is 42.5 Å². The number of aryl methyl sites for hydroxylation is 2. The molecule has 0 spiro atoms. The second kappa shape index (κ2) is 10.1. The van der Waals surface area contributed by atoms with Crippen LogP contribution >= 0.6 is 11.6 Å². The van der Waals surface area contributed by atoms with Crippen LogP contribution in [0.3, 0.4) is 0 Å². The van der Waals surface area contributed by atoms with E-state index in [1.165, 1.54) is 16.7 Å². The molecule has 150 valence electrons. The summed E-state index contributed by atoms with van der Waals surface area (Å²) in [6.45, 7) is 9.42. The molecule has 2 aromatic carbocycles. The Kier molecular flexibility index (Phi) is 7.49. The van der Waals surface area contributed by atoms with E-state index < -0.39 is 0 Å². The van der Waals surface area contributed by atoms with E-state index in [4.69, 9.17) is 11.6 Å². The molecule has 4 nitrogen and oxygen atoms in total. The summed E-state index contributed by atoms with van der Waals surface area (Å²) in [4.78, 5) is 17.3. The van der Waals surface area contributed by atoms with Crippen molar-refractivity contribution in [3.8, 4) is 0 Å². The minimum Gasteiger partial charge on any atom is -0.324 e. The number of amides is 1. The zero-order chi connectivity index (χ0) is 19.9. The largest absolute Gasteiger partial charge is 0.324 e. The van der Waals surface area contributed by atoms with Gasteiger partial charge < -0.3 is 5.32 Å². The second-order valence-corrected chi connectivity index (χ2v) is 7.82. The Morgan fingerprint density at radius 1 is 0.929 bits per heavy atom. The van der Waals surface area contributed by atoms with Gasteiger partial charge >= 0.3 is 0 Å². The molecular weight excluding hydrogens is 370 g/mol. The molecule has 1 fully saturated rings. The number of nitrogens with one attached hydrogen (secondary N) is 1. The van der Waals surface area contributed by atoms with Crippen molar-refractivity contribution in [3.63, 3.8) is 0 Å².